The molecule has 0 atom stereocenters. The highest BCUT2D eigenvalue weighted by molar-refractivity contribution is 5.92. The van der Waals surface area contributed by atoms with Crippen molar-refractivity contribution >= 4 is 23.7 Å². The van der Waals surface area contributed by atoms with Crippen LogP contribution in [0.5, 0.6) is 5.75 Å². The lowest BCUT2D eigenvalue weighted by atomic mass is 10.1. The molecule has 0 aliphatic carbocycles. The largest absolute Gasteiger partial charge is 0.506 e. The van der Waals surface area contributed by atoms with Crippen LogP contribution in [-0.4, -0.2) is 32.7 Å². The van der Waals surface area contributed by atoms with Crippen molar-refractivity contribution in [3.8, 4) is 11.4 Å². The molecule has 1 heterocycles. The van der Waals surface area contributed by atoms with E-state index in [1.165, 1.54) is 6.07 Å². The van der Waals surface area contributed by atoms with Crippen LogP contribution in [0.1, 0.15) is 44.1 Å². The lowest BCUT2D eigenvalue weighted by Crippen LogP contribution is -2.16. The van der Waals surface area contributed by atoms with E-state index in [2.05, 4.69) is 20.8 Å². The second-order valence-corrected chi connectivity index (χ2v) is 7.33. The molecule has 2 amide bonds. The summed E-state index contributed by atoms with van der Waals surface area (Å²) in [6, 6.07) is 14.4. The van der Waals surface area contributed by atoms with E-state index < -0.39 is 0 Å². The molecule has 3 aromatic rings. The number of hydrogen-bond acceptors (Lipinski definition) is 5. The van der Waals surface area contributed by atoms with Crippen LogP contribution < -0.4 is 10.7 Å². The number of imidazole rings is 1. The van der Waals surface area contributed by atoms with Crippen molar-refractivity contribution in [3.05, 3.63) is 72.8 Å². The number of aromatic hydroxyl groups is 1. The zero-order valence-corrected chi connectivity index (χ0v) is 17.8. The van der Waals surface area contributed by atoms with Gasteiger partial charge in [0.2, 0.25) is 11.8 Å². The lowest BCUT2D eigenvalue weighted by molar-refractivity contribution is -0.121. The zero-order valence-electron chi connectivity index (χ0n) is 17.8. The minimum atomic E-state index is -0.131. The van der Waals surface area contributed by atoms with Crippen LogP contribution in [0.15, 0.2) is 72.4 Å². The molecule has 0 bridgehead atoms. The van der Waals surface area contributed by atoms with Gasteiger partial charge in [-0.05, 0) is 42.7 Å². The molecule has 0 unspecified atom stereocenters. The molecule has 0 saturated carbocycles. The normalized spacial score (nSPS) is 10.9. The molecule has 32 heavy (non-hydrogen) atoms. The topological polar surface area (TPSA) is 109 Å². The highest BCUT2D eigenvalue weighted by Gasteiger charge is 2.06. The molecule has 1 aromatic heterocycles. The average Bonchev–Trinajstić information content (AvgIpc) is 3.33. The predicted octanol–water partition coefficient (Wildman–Crippen LogP) is 4.01. The van der Waals surface area contributed by atoms with E-state index in [0.29, 0.717) is 18.5 Å². The zero-order chi connectivity index (χ0) is 22.6. The Morgan fingerprint density at radius 3 is 2.38 bits per heavy atom. The molecule has 8 heteroatoms. The van der Waals surface area contributed by atoms with Gasteiger partial charge in [-0.15, -0.1) is 0 Å². The molecule has 0 saturated heterocycles. The summed E-state index contributed by atoms with van der Waals surface area (Å²) in [6.45, 7) is 0. The second-order valence-electron chi connectivity index (χ2n) is 7.33. The maximum Gasteiger partial charge on any atom is 0.240 e. The van der Waals surface area contributed by atoms with Crippen LogP contribution in [0, 0.1) is 0 Å². The lowest BCUT2D eigenvalue weighted by Gasteiger charge is -2.06. The molecule has 3 N–H and O–H groups in total. The van der Waals surface area contributed by atoms with Crippen LogP contribution in [0.25, 0.3) is 5.69 Å². The number of hydrazone groups is 1. The third-order valence-electron chi connectivity index (χ3n) is 4.83. The summed E-state index contributed by atoms with van der Waals surface area (Å²) >= 11 is 0. The number of phenols is 1. The number of carbonyl (C=O) groups excluding carboxylic acids is 2. The molecule has 3 rings (SSSR count). The summed E-state index contributed by atoms with van der Waals surface area (Å²) in [5.74, 6) is -0.203. The van der Waals surface area contributed by atoms with Gasteiger partial charge in [-0.25, -0.2) is 10.4 Å². The molecule has 8 nitrogen and oxygen atoms in total. The van der Waals surface area contributed by atoms with Gasteiger partial charge in [0.15, 0.2) is 0 Å². The quantitative estimate of drug-likeness (QED) is 0.184. The first-order chi connectivity index (χ1) is 15.6. The molecule has 0 aliphatic rings. The van der Waals surface area contributed by atoms with Crippen molar-refractivity contribution in [3.63, 3.8) is 0 Å². The number of anilines is 1. The van der Waals surface area contributed by atoms with Gasteiger partial charge in [0, 0.05) is 30.9 Å². The van der Waals surface area contributed by atoms with Crippen molar-refractivity contribution < 1.29 is 14.7 Å². The maximum absolute atomic E-state index is 11.9. The molecular weight excluding hydrogens is 406 g/mol. The molecule has 0 spiro atoms. The van der Waals surface area contributed by atoms with Crippen molar-refractivity contribution in [2.45, 2.75) is 38.5 Å². The van der Waals surface area contributed by atoms with E-state index in [1.54, 1.807) is 36.9 Å². The van der Waals surface area contributed by atoms with Gasteiger partial charge in [-0.3, -0.25) is 9.59 Å². The minimum absolute atomic E-state index is 0.0565. The number of hydrogen-bond donors (Lipinski definition) is 3. The second kappa shape index (κ2) is 12.0. The van der Waals surface area contributed by atoms with E-state index in [0.717, 1.165) is 36.9 Å². The highest BCUT2D eigenvalue weighted by Crippen LogP contribution is 2.21. The van der Waals surface area contributed by atoms with Gasteiger partial charge in [0.1, 0.15) is 5.75 Å². The monoisotopic (exact) mass is 433 g/mol. The maximum atomic E-state index is 11.9. The average molecular weight is 434 g/mol. The van der Waals surface area contributed by atoms with E-state index in [1.807, 2.05) is 35.0 Å². The number of aromatic nitrogens is 2. The smallest absolute Gasteiger partial charge is 0.240 e. The Morgan fingerprint density at radius 2 is 1.69 bits per heavy atom. The minimum Gasteiger partial charge on any atom is -0.506 e. The van der Waals surface area contributed by atoms with E-state index in [4.69, 9.17) is 0 Å². The molecule has 0 radical (unpaired) electrons. The number of unbranched alkanes of at least 4 members (excludes halogenated alkanes) is 3. The van der Waals surface area contributed by atoms with Gasteiger partial charge in [0.25, 0.3) is 0 Å². The summed E-state index contributed by atoms with van der Waals surface area (Å²) in [7, 11) is 0. The van der Waals surface area contributed by atoms with Crippen LogP contribution in [0.4, 0.5) is 5.69 Å². The Labute approximate surface area is 187 Å². The molecular formula is C24H27N5O3. The van der Waals surface area contributed by atoms with Gasteiger partial charge >= 0.3 is 0 Å². The Hall–Kier alpha value is -3.94. The van der Waals surface area contributed by atoms with Crippen LogP contribution in [0.3, 0.4) is 0 Å². The number of nitrogens with one attached hydrogen (secondary N) is 2. The fourth-order valence-corrected chi connectivity index (χ4v) is 3.10. The summed E-state index contributed by atoms with van der Waals surface area (Å²) in [6.07, 6.45) is 10.9. The third kappa shape index (κ3) is 7.39. The number of carbonyl (C=O) groups is 2. The Balaban J connectivity index is 1.25. The molecule has 166 valence electrons. The van der Waals surface area contributed by atoms with Gasteiger partial charge in [-0.2, -0.15) is 5.10 Å². The van der Waals surface area contributed by atoms with Crippen LogP contribution in [0.2, 0.25) is 0 Å². The first-order valence-electron chi connectivity index (χ1n) is 10.6. The standard InChI is InChI=1S/C24H27N5O3/c30-22-8-6-5-7-21(22)27-23(31)9-3-1-2-4-10-24(32)28-26-17-19-11-13-20(14-12-19)29-16-15-25-18-29/h5-8,11-18,30H,1-4,9-10H2,(H,27,31)(H,28,32)/b26-17+. The van der Waals surface area contributed by atoms with E-state index in [9.17, 15) is 14.7 Å². The molecule has 2 aromatic carbocycles. The Bertz CT molecular complexity index is 1030. The van der Waals surface area contributed by atoms with Gasteiger partial charge < -0.3 is 15.0 Å². The summed E-state index contributed by atoms with van der Waals surface area (Å²) in [4.78, 5) is 27.8. The van der Waals surface area contributed by atoms with Crippen LogP contribution >= 0.6 is 0 Å². The SMILES string of the molecule is O=C(CCCCCCC(=O)Nc1ccccc1O)N/N=C/c1ccc(-n2ccnc2)cc1. The fraction of sp³-hybridized carbons (Fsp3) is 0.250. The van der Waals surface area contributed by atoms with Crippen molar-refractivity contribution in [2.24, 2.45) is 5.10 Å². The molecule has 0 fully saturated rings. The Morgan fingerprint density at radius 1 is 0.969 bits per heavy atom. The van der Waals surface area contributed by atoms with E-state index >= 15 is 0 Å². The fourth-order valence-electron chi connectivity index (χ4n) is 3.10. The van der Waals surface area contributed by atoms with Gasteiger partial charge in [-0.1, -0.05) is 37.1 Å². The Kier molecular flexibility index (Phi) is 8.56. The number of amides is 2. The first-order valence-corrected chi connectivity index (χ1v) is 10.6. The van der Waals surface area contributed by atoms with Gasteiger partial charge in [0.05, 0.1) is 18.2 Å². The summed E-state index contributed by atoms with van der Waals surface area (Å²) in [5.41, 5.74) is 4.85. The number of rotatable bonds is 11. The summed E-state index contributed by atoms with van der Waals surface area (Å²) in [5, 5.41) is 16.4. The molecule has 0 aliphatic heterocycles. The third-order valence-corrected chi connectivity index (χ3v) is 4.83. The number of phenolic OH excluding ortho intramolecular Hbond substituents is 1. The summed E-state index contributed by atoms with van der Waals surface area (Å²) < 4.78 is 1.91. The number of nitrogens with zero attached hydrogens (tertiary/aromatic N) is 3. The van der Waals surface area contributed by atoms with E-state index in [-0.39, 0.29) is 17.6 Å². The van der Waals surface area contributed by atoms with Crippen molar-refractivity contribution in [2.75, 3.05) is 5.32 Å². The van der Waals surface area contributed by atoms with Crippen molar-refractivity contribution in [1.82, 2.24) is 15.0 Å². The first kappa shape index (κ1) is 22.7. The van der Waals surface area contributed by atoms with Crippen LogP contribution in [-0.2, 0) is 9.59 Å². The highest BCUT2D eigenvalue weighted by atomic mass is 16.3. The predicted molar refractivity (Wildman–Crippen MR) is 124 cm³/mol. The number of para-hydroxylation sites is 2. The van der Waals surface area contributed by atoms with Crippen molar-refractivity contribution in [1.29, 1.82) is 0 Å². The number of benzene rings is 2.